The van der Waals surface area contributed by atoms with Crippen LogP contribution >= 0.6 is 0 Å². The summed E-state index contributed by atoms with van der Waals surface area (Å²) in [5.74, 6) is -0.110. The number of hydrogen-bond donors (Lipinski definition) is 0. The number of rotatable bonds is 2. The van der Waals surface area contributed by atoms with Crippen LogP contribution in [0, 0.1) is 11.3 Å². The number of hydrogen-bond acceptors (Lipinski definition) is 1. The van der Waals surface area contributed by atoms with Crippen molar-refractivity contribution in [3.8, 4) is 0 Å². The van der Waals surface area contributed by atoms with Crippen molar-refractivity contribution in [2.45, 2.75) is 32.0 Å². The first-order valence-corrected chi connectivity index (χ1v) is 5.28. The first-order valence-electron chi connectivity index (χ1n) is 5.28. The molecule has 0 radical (unpaired) electrons. The van der Waals surface area contributed by atoms with Gasteiger partial charge in [-0.2, -0.15) is 0 Å². The van der Waals surface area contributed by atoms with Crippen LogP contribution in [-0.2, 0) is 4.74 Å². The van der Waals surface area contributed by atoms with Gasteiger partial charge in [0.15, 0.2) is 0 Å². The van der Waals surface area contributed by atoms with Crippen molar-refractivity contribution in [2.75, 3.05) is 13.2 Å². The van der Waals surface area contributed by atoms with Gasteiger partial charge in [0.25, 0.3) is 0 Å². The molecule has 0 amide bonds. The Bertz CT molecular complexity index is 208. The smallest absolute Gasteiger partial charge is 0.449 e. The van der Waals surface area contributed by atoms with Crippen LogP contribution < -0.4 is 51.4 Å². The molecule has 6 heteroatoms. The summed E-state index contributed by atoms with van der Waals surface area (Å²) >= 11 is 0. The van der Waals surface area contributed by atoms with Gasteiger partial charge in [0.2, 0.25) is 0 Å². The largest absolute Gasteiger partial charge is 1.00 e. The van der Waals surface area contributed by atoms with Gasteiger partial charge < -0.3 is 17.7 Å². The molecule has 1 aliphatic heterocycles. The predicted molar refractivity (Wildman–Crippen MR) is 49.1 cm³/mol. The van der Waals surface area contributed by atoms with E-state index in [0.29, 0.717) is 0 Å². The summed E-state index contributed by atoms with van der Waals surface area (Å²) in [6.45, 7) is -3.03. The fourth-order valence-corrected chi connectivity index (χ4v) is 2.58. The summed E-state index contributed by atoms with van der Waals surface area (Å²) in [5, 5.41) is 0. The predicted octanol–water partition coefficient (Wildman–Crippen LogP) is 0.0446. The Balaban J connectivity index is 0.00000112. The molecule has 0 aromatic heterocycles. The van der Waals surface area contributed by atoms with Crippen molar-refractivity contribution in [2.24, 2.45) is 11.3 Å². The zero-order chi connectivity index (χ0) is 10.2. The fourth-order valence-electron chi connectivity index (χ4n) is 2.58. The maximum atomic E-state index is 12.2. The molecule has 0 N–H and O–H groups in total. The Hall–Kier alpha value is 1.45. The number of ether oxygens (including phenoxy) is 1. The first kappa shape index (κ1) is 14.5. The van der Waals surface area contributed by atoms with Crippen molar-refractivity contribution in [1.29, 1.82) is 0 Å². The second-order valence-corrected chi connectivity index (χ2v) is 4.88. The van der Waals surface area contributed by atoms with Gasteiger partial charge >= 0.3 is 58.4 Å². The molecule has 2 rings (SSSR count). The summed E-state index contributed by atoms with van der Waals surface area (Å²) in [6, 6.07) is 0. The molecule has 1 aliphatic carbocycles. The van der Waals surface area contributed by atoms with E-state index < -0.39 is 13.3 Å². The Morgan fingerprint density at radius 2 is 1.67 bits per heavy atom. The minimum Gasteiger partial charge on any atom is -0.449 e. The van der Waals surface area contributed by atoms with Crippen LogP contribution in [0.1, 0.15) is 25.7 Å². The van der Waals surface area contributed by atoms with E-state index in [4.69, 9.17) is 4.74 Å². The van der Waals surface area contributed by atoms with Gasteiger partial charge in [0.1, 0.15) is 0 Å². The van der Waals surface area contributed by atoms with Crippen molar-refractivity contribution >= 4 is 6.98 Å². The molecule has 0 unspecified atom stereocenters. The summed E-state index contributed by atoms with van der Waals surface area (Å²) in [4.78, 5) is 0. The molecule has 2 aliphatic rings. The topological polar surface area (TPSA) is 9.23 Å². The minimum atomic E-state index is -4.58. The minimum absolute atomic E-state index is 0. The second-order valence-electron chi connectivity index (χ2n) is 4.88. The van der Waals surface area contributed by atoms with Crippen molar-refractivity contribution in [3.63, 3.8) is 0 Å². The van der Waals surface area contributed by atoms with Gasteiger partial charge in [-0.25, -0.2) is 0 Å². The Morgan fingerprint density at radius 1 is 1.13 bits per heavy atom. The van der Waals surface area contributed by atoms with E-state index in [9.17, 15) is 12.9 Å². The molecule has 1 saturated carbocycles. The van der Waals surface area contributed by atoms with Crippen LogP contribution in [0.25, 0.3) is 0 Å². The van der Waals surface area contributed by atoms with Crippen LogP contribution in [0.5, 0.6) is 0 Å². The van der Waals surface area contributed by atoms with Crippen molar-refractivity contribution < 1.29 is 69.1 Å². The summed E-state index contributed by atoms with van der Waals surface area (Å²) in [7, 11) is 0. The molecular formula is C9H15BF3KO. The molecule has 0 aromatic carbocycles. The SMILES string of the molecule is F[B-](F)(F)CC1CCC2(CC1)COC2.[K+]. The van der Waals surface area contributed by atoms with Crippen LogP contribution in [0.3, 0.4) is 0 Å². The Morgan fingerprint density at radius 3 is 2.00 bits per heavy atom. The Kier molecular flexibility index (Phi) is 5.22. The van der Waals surface area contributed by atoms with E-state index in [2.05, 4.69) is 0 Å². The second kappa shape index (κ2) is 5.40. The van der Waals surface area contributed by atoms with Crippen LogP contribution in [0.4, 0.5) is 12.9 Å². The molecular weight excluding hydrogens is 231 g/mol. The van der Waals surface area contributed by atoms with Crippen molar-refractivity contribution in [3.05, 3.63) is 0 Å². The van der Waals surface area contributed by atoms with E-state index in [1.807, 2.05) is 0 Å². The van der Waals surface area contributed by atoms with Gasteiger partial charge in [-0.1, -0.05) is 25.1 Å². The molecule has 0 atom stereocenters. The van der Waals surface area contributed by atoms with E-state index in [0.717, 1.165) is 38.9 Å². The van der Waals surface area contributed by atoms with E-state index >= 15 is 0 Å². The maximum absolute atomic E-state index is 12.2. The van der Waals surface area contributed by atoms with Crippen LogP contribution in [0.15, 0.2) is 0 Å². The molecule has 1 spiro atoms. The van der Waals surface area contributed by atoms with Gasteiger partial charge in [-0.05, 0) is 12.8 Å². The third-order valence-corrected chi connectivity index (χ3v) is 3.58. The molecule has 2 fully saturated rings. The maximum Gasteiger partial charge on any atom is 1.00 e. The quantitative estimate of drug-likeness (QED) is 0.625. The monoisotopic (exact) mass is 246 g/mol. The molecule has 0 aromatic rings. The molecule has 1 nitrogen and oxygen atoms in total. The fraction of sp³-hybridized carbons (Fsp3) is 1.00. The normalized spacial score (nSPS) is 25.8. The van der Waals surface area contributed by atoms with Gasteiger partial charge in [-0.15, -0.1) is 0 Å². The average Bonchev–Trinajstić information content (AvgIpc) is 2.00. The molecule has 15 heavy (non-hydrogen) atoms. The van der Waals surface area contributed by atoms with Gasteiger partial charge in [0.05, 0.1) is 13.2 Å². The van der Waals surface area contributed by atoms with Crippen LogP contribution in [0.2, 0.25) is 6.32 Å². The van der Waals surface area contributed by atoms with E-state index in [-0.39, 0.29) is 62.7 Å². The molecule has 1 heterocycles. The van der Waals surface area contributed by atoms with Crippen LogP contribution in [-0.4, -0.2) is 20.2 Å². The first-order chi connectivity index (χ1) is 6.49. The summed E-state index contributed by atoms with van der Waals surface area (Å²) in [6.07, 6.45) is 2.82. The summed E-state index contributed by atoms with van der Waals surface area (Å²) in [5.41, 5.74) is 0.273. The van der Waals surface area contributed by atoms with Gasteiger partial charge in [0, 0.05) is 5.41 Å². The van der Waals surface area contributed by atoms with Gasteiger partial charge in [-0.3, -0.25) is 0 Å². The molecule has 1 saturated heterocycles. The number of halogens is 3. The van der Waals surface area contributed by atoms with Crippen molar-refractivity contribution in [1.82, 2.24) is 0 Å². The zero-order valence-electron chi connectivity index (χ0n) is 9.15. The Labute approximate surface area is 131 Å². The standard InChI is InChI=1S/C9H15BF3O.K/c11-10(12,13)5-8-1-3-9(4-2-8)6-14-7-9;/h8H,1-7H2;/q-1;+1. The molecule has 0 bridgehead atoms. The summed E-state index contributed by atoms with van der Waals surface area (Å²) < 4.78 is 41.6. The van der Waals surface area contributed by atoms with E-state index in [1.165, 1.54) is 0 Å². The zero-order valence-corrected chi connectivity index (χ0v) is 12.3. The van der Waals surface area contributed by atoms with E-state index in [1.54, 1.807) is 0 Å². The third-order valence-electron chi connectivity index (χ3n) is 3.58. The molecule has 82 valence electrons. The third kappa shape index (κ3) is 4.00. The average molecular weight is 246 g/mol.